The lowest BCUT2D eigenvalue weighted by molar-refractivity contribution is -0.499. The third-order valence-electron chi connectivity index (χ3n) is 4.32. The van der Waals surface area contributed by atoms with Crippen molar-refractivity contribution in [2.24, 2.45) is 5.92 Å². The largest absolute Gasteiger partial charge is 0.469 e. The fourth-order valence-electron chi connectivity index (χ4n) is 2.87. The van der Waals surface area contributed by atoms with Gasteiger partial charge in [0.15, 0.2) is 0 Å². The highest BCUT2D eigenvalue weighted by Gasteiger charge is 2.54. The van der Waals surface area contributed by atoms with Crippen molar-refractivity contribution in [3.8, 4) is 0 Å². The molecule has 1 aliphatic heterocycles. The highest BCUT2D eigenvalue weighted by molar-refractivity contribution is 5.73. The number of unbranched alkanes of at least 4 members (excludes halogenated alkanes) is 2. The summed E-state index contributed by atoms with van der Waals surface area (Å²) in [6.45, 7) is 6.20. The molecule has 21 heavy (non-hydrogen) atoms. The Morgan fingerprint density at radius 2 is 1.76 bits per heavy atom. The van der Waals surface area contributed by atoms with Crippen molar-refractivity contribution in [1.29, 1.82) is 0 Å². The van der Waals surface area contributed by atoms with Crippen LogP contribution in [0.15, 0.2) is 0 Å². The van der Waals surface area contributed by atoms with E-state index < -0.39 is 17.3 Å². The first-order valence-corrected chi connectivity index (χ1v) is 7.96. The molecule has 0 aromatic heterocycles. The smallest absolute Gasteiger partial charge is 0.314 e. The van der Waals surface area contributed by atoms with Crippen LogP contribution in [-0.4, -0.2) is 31.6 Å². The lowest BCUT2D eigenvalue weighted by Crippen LogP contribution is -2.56. The first-order valence-electron chi connectivity index (χ1n) is 7.96. The number of hydrogen-bond donors (Lipinski definition) is 0. The van der Waals surface area contributed by atoms with E-state index in [0.717, 1.165) is 32.1 Å². The standard InChI is InChI=1S/C16H30O5/c1-6-8-10-15(3)12-13(14(17)18-4)16(19-5,21-20-15)11-9-7-2/h13H,6-12H2,1-5H3/t13-,15-,16+/m1/s1. The molecule has 0 radical (unpaired) electrons. The molecule has 0 bridgehead atoms. The van der Waals surface area contributed by atoms with Crippen LogP contribution in [0.3, 0.4) is 0 Å². The molecule has 1 heterocycles. The van der Waals surface area contributed by atoms with E-state index in [1.807, 2.05) is 6.92 Å². The van der Waals surface area contributed by atoms with Crippen LogP contribution in [0.5, 0.6) is 0 Å². The molecule has 3 atom stereocenters. The molecule has 1 saturated heterocycles. The summed E-state index contributed by atoms with van der Waals surface area (Å²) in [4.78, 5) is 23.5. The van der Waals surface area contributed by atoms with Crippen LogP contribution in [0.4, 0.5) is 0 Å². The summed E-state index contributed by atoms with van der Waals surface area (Å²) in [5.74, 6) is -1.79. The molecule has 0 aromatic carbocycles. The van der Waals surface area contributed by atoms with Gasteiger partial charge >= 0.3 is 5.97 Å². The Morgan fingerprint density at radius 1 is 1.14 bits per heavy atom. The van der Waals surface area contributed by atoms with Gasteiger partial charge in [-0.25, -0.2) is 4.89 Å². The van der Waals surface area contributed by atoms with Crippen LogP contribution in [0.25, 0.3) is 0 Å². The first-order chi connectivity index (χ1) is 9.97. The molecule has 1 rings (SSSR count). The van der Waals surface area contributed by atoms with Gasteiger partial charge in [-0.1, -0.05) is 33.1 Å². The Hall–Kier alpha value is -0.650. The Bertz CT molecular complexity index is 333. The summed E-state index contributed by atoms with van der Waals surface area (Å²) in [6, 6.07) is 0. The Kier molecular flexibility index (Phi) is 7.10. The maximum atomic E-state index is 12.2. The van der Waals surface area contributed by atoms with Gasteiger partial charge in [0.2, 0.25) is 5.79 Å². The van der Waals surface area contributed by atoms with Gasteiger partial charge in [-0.05, 0) is 26.2 Å². The molecule has 124 valence electrons. The second kappa shape index (κ2) is 8.11. The first kappa shape index (κ1) is 18.4. The van der Waals surface area contributed by atoms with Gasteiger partial charge < -0.3 is 9.47 Å². The van der Waals surface area contributed by atoms with Crippen molar-refractivity contribution in [3.05, 3.63) is 0 Å². The van der Waals surface area contributed by atoms with Crippen molar-refractivity contribution in [3.63, 3.8) is 0 Å². The molecule has 0 saturated carbocycles. The average Bonchev–Trinajstić information content (AvgIpc) is 2.51. The monoisotopic (exact) mass is 302 g/mol. The maximum Gasteiger partial charge on any atom is 0.314 e. The Balaban J connectivity index is 2.93. The molecule has 5 heteroatoms. The molecule has 0 amide bonds. The fourth-order valence-corrected chi connectivity index (χ4v) is 2.87. The van der Waals surface area contributed by atoms with Crippen LogP contribution in [0, 0.1) is 5.92 Å². The van der Waals surface area contributed by atoms with Crippen LogP contribution in [0.2, 0.25) is 0 Å². The van der Waals surface area contributed by atoms with E-state index >= 15 is 0 Å². The lowest BCUT2D eigenvalue weighted by atomic mass is 9.80. The molecule has 0 N–H and O–H groups in total. The highest BCUT2D eigenvalue weighted by Crippen LogP contribution is 2.44. The third-order valence-corrected chi connectivity index (χ3v) is 4.32. The summed E-state index contributed by atoms with van der Waals surface area (Å²) in [6.07, 6.45) is 6.02. The summed E-state index contributed by atoms with van der Waals surface area (Å²) < 4.78 is 10.5. The van der Waals surface area contributed by atoms with Crippen LogP contribution < -0.4 is 0 Å². The number of hydrogen-bond acceptors (Lipinski definition) is 5. The van der Waals surface area contributed by atoms with E-state index in [4.69, 9.17) is 19.2 Å². The zero-order valence-corrected chi connectivity index (χ0v) is 14.1. The SMILES string of the molecule is CCCC[C@]1(C)C[C@H](C(=O)OC)[C@@](CCCC)(OC)OO1. The van der Waals surface area contributed by atoms with E-state index in [1.54, 1.807) is 7.11 Å². The van der Waals surface area contributed by atoms with E-state index in [2.05, 4.69) is 13.8 Å². The van der Waals surface area contributed by atoms with Gasteiger partial charge in [0.1, 0.15) is 11.5 Å². The number of carbonyl (C=O) groups is 1. The Labute approximate surface area is 128 Å². The fraction of sp³-hybridized carbons (Fsp3) is 0.938. The van der Waals surface area contributed by atoms with Crippen molar-refractivity contribution in [1.82, 2.24) is 0 Å². The Morgan fingerprint density at radius 3 is 2.29 bits per heavy atom. The minimum atomic E-state index is -1.03. The van der Waals surface area contributed by atoms with Gasteiger partial charge in [0.25, 0.3) is 0 Å². The molecule has 1 fully saturated rings. The predicted octanol–water partition coefficient (Wildman–Crippen LogP) is 3.61. The lowest BCUT2D eigenvalue weighted by Gasteiger charge is -2.46. The van der Waals surface area contributed by atoms with Crippen molar-refractivity contribution < 1.29 is 24.0 Å². The number of esters is 1. The average molecular weight is 302 g/mol. The normalized spacial score (nSPS) is 32.9. The highest BCUT2D eigenvalue weighted by atomic mass is 17.2. The maximum absolute atomic E-state index is 12.2. The summed E-state index contributed by atoms with van der Waals surface area (Å²) in [7, 11) is 2.96. The summed E-state index contributed by atoms with van der Waals surface area (Å²) in [5.41, 5.74) is -0.469. The van der Waals surface area contributed by atoms with Gasteiger partial charge in [-0.15, -0.1) is 0 Å². The summed E-state index contributed by atoms with van der Waals surface area (Å²) in [5, 5.41) is 0. The molecular formula is C16H30O5. The van der Waals surface area contributed by atoms with Crippen molar-refractivity contribution in [2.45, 2.75) is 77.1 Å². The minimum Gasteiger partial charge on any atom is -0.469 e. The van der Waals surface area contributed by atoms with Crippen LogP contribution in [0.1, 0.15) is 65.7 Å². The number of rotatable bonds is 8. The van der Waals surface area contributed by atoms with E-state index in [9.17, 15) is 4.79 Å². The molecule has 0 spiro atoms. The number of methoxy groups -OCH3 is 2. The van der Waals surface area contributed by atoms with Crippen molar-refractivity contribution >= 4 is 5.97 Å². The minimum absolute atomic E-state index is 0.293. The van der Waals surface area contributed by atoms with E-state index in [-0.39, 0.29) is 5.97 Å². The number of ether oxygens (including phenoxy) is 2. The zero-order valence-electron chi connectivity index (χ0n) is 14.1. The molecular weight excluding hydrogens is 272 g/mol. The van der Waals surface area contributed by atoms with Gasteiger partial charge in [0.05, 0.1) is 7.11 Å². The van der Waals surface area contributed by atoms with Gasteiger partial charge in [-0.2, -0.15) is 4.89 Å². The second-order valence-electron chi connectivity index (χ2n) is 6.12. The van der Waals surface area contributed by atoms with E-state index in [1.165, 1.54) is 7.11 Å². The predicted molar refractivity (Wildman–Crippen MR) is 79.5 cm³/mol. The second-order valence-corrected chi connectivity index (χ2v) is 6.12. The molecule has 0 aliphatic carbocycles. The topological polar surface area (TPSA) is 54.0 Å². The third kappa shape index (κ3) is 4.41. The van der Waals surface area contributed by atoms with Crippen LogP contribution in [-0.2, 0) is 24.0 Å². The molecule has 1 aliphatic rings. The quantitative estimate of drug-likeness (QED) is 0.506. The van der Waals surface area contributed by atoms with Gasteiger partial charge in [0, 0.05) is 13.5 Å². The number of carbonyl (C=O) groups excluding carboxylic acids is 1. The summed E-state index contributed by atoms with van der Waals surface area (Å²) >= 11 is 0. The van der Waals surface area contributed by atoms with Crippen molar-refractivity contribution in [2.75, 3.05) is 14.2 Å². The van der Waals surface area contributed by atoms with Crippen LogP contribution >= 0.6 is 0 Å². The van der Waals surface area contributed by atoms with E-state index in [0.29, 0.717) is 12.8 Å². The molecule has 5 nitrogen and oxygen atoms in total. The zero-order chi connectivity index (χ0) is 15.9. The molecule has 0 aromatic rings. The molecule has 0 unspecified atom stereocenters. The van der Waals surface area contributed by atoms with Gasteiger partial charge in [-0.3, -0.25) is 4.79 Å².